The van der Waals surface area contributed by atoms with Gasteiger partial charge in [0.15, 0.2) is 0 Å². The van der Waals surface area contributed by atoms with Crippen LogP contribution in [0.3, 0.4) is 0 Å². The summed E-state index contributed by atoms with van der Waals surface area (Å²) < 4.78 is 23.9. The third kappa shape index (κ3) is 3.62. The van der Waals surface area contributed by atoms with E-state index in [1.54, 1.807) is 24.3 Å². The number of hydrogen-bond donors (Lipinski definition) is 1. The Labute approximate surface area is 84.9 Å². The first-order chi connectivity index (χ1) is 6.72. The van der Waals surface area contributed by atoms with Crippen LogP contribution in [0.1, 0.15) is 0 Å². The number of nitrogens with zero attached hydrogens (tertiary/aromatic N) is 1. The molecule has 0 saturated carbocycles. The molecule has 74 valence electrons. The Balaban J connectivity index is 2.56. The maximum Gasteiger partial charge on any atom is 0.288 e. The summed E-state index contributed by atoms with van der Waals surface area (Å²) in [7, 11) is 0. The fraction of sp³-hybridized carbons (Fsp3) is 0.222. The molecule has 0 bridgehead atoms. The highest BCUT2D eigenvalue weighted by Gasteiger charge is 2.04. The van der Waals surface area contributed by atoms with Crippen LogP contribution in [0.25, 0.3) is 0 Å². The Hall–Kier alpha value is -1.28. The molecule has 0 atom stereocenters. The Bertz CT molecular complexity index is 319. The van der Waals surface area contributed by atoms with Gasteiger partial charge in [-0.15, -0.1) is 0 Å². The molecule has 14 heavy (non-hydrogen) atoms. The van der Waals surface area contributed by atoms with Gasteiger partial charge in [0.05, 0.1) is 6.07 Å². The van der Waals surface area contributed by atoms with Gasteiger partial charge in [-0.2, -0.15) is 14.0 Å². The lowest BCUT2D eigenvalue weighted by atomic mass is 10.3. The second kappa shape index (κ2) is 5.45. The summed E-state index contributed by atoms with van der Waals surface area (Å²) in [5.74, 6) is -2.40. The number of halogens is 2. The number of anilines is 1. The van der Waals surface area contributed by atoms with E-state index in [0.29, 0.717) is 16.7 Å². The van der Waals surface area contributed by atoms with Crippen molar-refractivity contribution in [3.8, 4) is 6.07 Å². The highest BCUT2D eigenvalue weighted by atomic mass is 32.2. The van der Waals surface area contributed by atoms with Gasteiger partial charge in [0.2, 0.25) is 0 Å². The number of benzene rings is 1. The van der Waals surface area contributed by atoms with Crippen molar-refractivity contribution in [1.82, 2.24) is 0 Å². The van der Waals surface area contributed by atoms with Crippen molar-refractivity contribution < 1.29 is 8.78 Å². The minimum absolute atomic E-state index is 0.210. The van der Waals surface area contributed by atoms with Crippen molar-refractivity contribution in [2.45, 2.75) is 10.7 Å². The van der Waals surface area contributed by atoms with E-state index in [1.165, 1.54) is 0 Å². The molecule has 0 fully saturated rings. The molecule has 1 N–H and O–H groups in total. The topological polar surface area (TPSA) is 35.8 Å². The molecule has 0 aromatic heterocycles. The van der Waals surface area contributed by atoms with Crippen LogP contribution in [0.5, 0.6) is 0 Å². The largest absolute Gasteiger partial charge is 0.372 e. The van der Waals surface area contributed by atoms with E-state index in [0.717, 1.165) is 5.69 Å². The second-order valence-corrected chi connectivity index (χ2v) is 3.48. The fourth-order valence-corrected chi connectivity index (χ4v) is 1.39. The van der Waals surface area contributed by atoms with Gasteiger partial charge in [0.1, 0.15) is 6.54 Å². The molecule has 0 spiro atoms. The molecule has 1 aromatic rings. The average molecular weight is 214 g/mol. The minimum atomic E-state index is -2.40. The summed E-state index contributed by atoms with van der Waals surface area (Å²) in [6.07, 6.45) is 0. The van der Waals surface area contributed by atoms with Gasteiger partial charge in [0, 0.05) is 10.6 Å². The van der Waals surface area contributed by atoms with Crippen molar-refractivity contribution in [1.29, 1.82) is 5.26 Å². The van der Waals surface area contributed by atoms with Gasteiger partial charge in [-0.05, 0) is 24.3 Å². The van der Waals surface area contributed by atoms with Crippen molar-refractivity contribution >= 4 is 17.4 Å². The summed E-state index contributed by atoms with van der Waals surface area (Å²) in [5, 5.41) is 11.1. The molecule has 1 aromatic carbocycles. The Morgan fingerprint density at radius 3 is 2.50 bits per heavy atom. The molecule has 0 aliphatic rings. The molecule has 0 saturated heterocycles. The number of nitriles is 1. The monoisotopic (exact) mass is 214 g/mol. The average Bonchev–Trinajstić information content (AvgIpc) is 2.16. The standard InChI is InChI=1S/C9H8F2N2S/c10-9(11)14-8-3-1-7(2-4-8)13-6-5-12/h1-4,9,13H,6H2. The normalized spacial score (nSPS) is 9.86. The second-order valence-electron chi connectivity index (χ2n) is 2.41. The molecule has 0 aliphatic heterocycles. The molecule has 1 rings (SSSR count). The smallest absolute Gasteiger partial charge is 0.288 e. The minimum Gasteiger partial charge on any atom is -0.372 e. The number of thioether (sulfide) groups is 1. The van der Waals surface area contributed by atoms with Gasteiger partial charge >= 0.3 is 0 Å². The van der Waals surface area contributed by atoms with Gasteiger partial charge < -0.3 is 5.32 Å². The van der Waals surface area contributed by atoms with Crippen molar-refractivity contribution in [3.05, 3.63) is 24.3 Å². The zero-order chi connectivity index (χ0) is 10.4. The lowest BCUT2D eigenvalue weighted by molar-refractivity contribution is 0.252. The molecule has 5 heteroatoms. The Morgan fingerprint density at radius 2 is 2.00 bits per heavy atom. The van der Waals surface area contributed by atoms with Crippen molar-refractivity contribution in [2.75, 3.05) is 11.9 Å². The van der Waals surface area contributed by atoms with Gasteiger partial charge in [-0.25, -0.2) is 0 Å². The Morgan fingerprint density at radius 1 is 1.36 bits per heavy atom. The van der Waals surface area contributed by atoms with Crippen LogP contribution in [-0.2, 0) is 0 Å². The predicted molar refractivity (Wildman–Crippen MR) is 52.4 cm³/mol. The van der Waals surface area contributed by atoms with E-state index in [4.69, 9.17) is 5.26 Å². The number of nitrogens with one attached hydrogen (secondary N) is 1. The van der Waals surface area contributed by atoms with E-state index in [9.17, 15) is 8.78 Å². The first-order valence-corrected chi connectivity index (χ1v) is 4.76. The highest BCUT2D eigenvalue weighted by Crippen LogP contribution is 2.25. The first kappa shape index (κ1) is 10.8. The van der Waals surface area contributed by atoms with Crippen LogP contribution in [0.2, 0.25) is 0 Å². The van der Waals surface area contributed by atoms with E-state index in [1.807, 2.05) is 6.07 Å². The van der Waals surface area contributed by atoms with E-state index in [-0.39, 0.29) is 6.54 Å². The van der Waals surface area contributed by atoms with Crippen molar-refractivity contribution in [3.63, 3.8) is 0 Å². The lowest BCUT2D eigenvalue weighted by Gasteiger charge is -2.03. The molecule has 2 nitrogen and oxygen atoms in total. The maximum atomic E-state index is 11.9. The van der Waals surface area contributed by atoms with Crippen LogP contribution in [0.4, 0.5) is 14.5 Å². The maximum absolute atomic E-state index is 11.9. The highest BCUT2D eigenvalue weighted by molar-refractivity contribution is 7.99. The van der Waals surface area contributed by atoms with Gasteiger partial charge in [-0.1, -0.05) is 11.8 Å². The van der Waals surface area contributed by atoms with E-state index < -0.39 is 5.76 Å². The summed E-state index contributed by atoms with van der Waals surface area (Å²) in [6.45, 7) is 0.210. The summed E-state index contributed by atoms with van der Waals surface area (Å²) in [4.78, 5) is 0.516. The van der Waals surface area contributed by atoms with E-state index >= 15 is 0 Å². The predicted octanol–water partition coefficient (Wildman–Crippen LogP) is 2.94. The lowest BCUT2D eigenvalue weighted by Crippen LogP contribution is -1.97. The molecular formula is C9H8F2N2S. The Kier molecular flexibility index (Phi) is 4.20. The quantitative estimate of drug-likeness (QED) is 0.618. The summed E-state index contributed by atoms with van der Waals surface area (Å²) in [5.41, 5.74) is 0.755. The van der Waals surface area contributed by atoms with Crippen LogP contribution in [-0.4, -0.2) is 12.3 Å². The van der Waals surface area contributed by atoms with Crippen LogP contribution < -0.4 is 5.32 Å². The van der Waals surface area contributed by atoms with Gasteiger partial charge in [-0.3, -0.25) is 0 Å². The van der Waals surface area contributed by atoms with Gasteiger partial charge in [0.25, 0.3) is 5.76 Å². The summed E-state index contributed by atoms with van der Waals surface area (Å²) >= 11 is 0.505. The third-order valence-corrected chi connectivity index (χ3v) is 2.17. The third-order valence-electron chi connectivity index (χ3n) is 1.45. The first-order valence-electron chi connectivity index (χ1n) is 3.88. The van der Waals surface area contributed by atoms with Crippen LogP contribution in [0, 0.1) is 11.3 Å². The fourth-order valence-electron chi connectivity index (χ4n) is 0.896. The molecule has 0 radical (unpaired) electrons. The van der Waals surface area contributed by atoms with E-state index in [2.05, 4.69) is 5.32 Å². The zero-order valence-corrected chi connectivity index (χ0v) is 8.02. The summed E-state index contributed by atoms with van der Waals surface area (Å²) in [6, 6.07) is 8.45. The SMILES string of the molecule is N#CCNc1ccc(SC(F)F)cc1. The molecule has 0 aliphatic carbocycles. The molecular weight excluding hydrogens is 206 g/mol. The van der Waals surface area contributed by atoms with Crippen LogP contribution >= 0.6 is 11.8 Å². The molecule has 0 heterocycles. The van der Waals surface area contributed by atoms with Crippen molar-refractivity contribution in [2.24, 2.45) is 0 Å². The van der Waals surface area contributed by atoms with Crippen LogP contribution in [0.15, 0.2) is 29.2 Å². The number of rotatable bonds is 4. The molecule has 0 amide bonds. The number of alkyl halides is 2. The zero-order valence-electron chi connectivity index (χ0n) is 7.21. The molecule has 0 unspecified atom stereocenters. The number of hydrogen-bond acceptors (Lipinski definition) is 3.